The number of halogens is 1. The predicted molar refractivity (Wildman–Crippen MR) is 112 cm³/mol. The number of amides is 1. The van der Waals surface area contributed by atoms with Gasteiger partial charge in [-0.2, -0.15) is 0 Å². The number of fused-ring (bicyclic) bond motifs is 1. The number of thiazole rings is 1. The van der Waals surface area contributed by atoms with E-state index in [9.17, 15) is 4.79 Å². The van der Waals surface area contributed by atoms with Gasteiger partial charge in [0, 0.05) is 33.0 Å². The van der Waals surface area contributed by atoms with E-state index in [0.29, 0.717) is 6.42 Å². The SMILES string of the molecule is CNCCN(C)C(=O)CC1(Cc2nc3ccccc3s2)CCCCC1.Cl. The fourth-order valence-electron chi connectivity index (χ4n) is 3.89. The Labute approximate surface area is 166 Å². The van der Waals surface area contributed by atoms with Crippen LogP contribution in [0.4, 0.5) is 0 Å². The number of nitrogens with zero attached hydrogens (tertiary/aromatic N) is 2. The van der Waals surface area contributed by atoms with E-state index in [0.717, 1.165) is 37.9 Å². The fourth-order valence-corrected chi connectivity index (χ4v) is 5.04. The van der Waals surface area contributed by atoms with Crippen LogP contribution >= 0.6 is 23.7 Å². The van der Waals surface area contributed by atoms with Crippen LogP contribution in [-0.4, -0.2) is 43.0 Å². The van der Waals surface area contributed by atoms with Gasteiger partial charge in [-0.1, -0.05) is 31.4 Å². The molecule has 1 aliphatic carbocycles. The van der Waals surface area contributed by atoms with Gasteiger partial charge in [0.15, 0.2) is 0 Å². The first kappa shape index (κ1) is 21.1. The first-order valence-electron chi connectivity index (χ1n) is 9.35. The second-order valence-corrected chi connectivity index (χ2v) is 8.52. The van der Waals surface area contributed by atoms with Crippen molar-refractivity contribution >= 4 is 39.9 Å². The van der Waals surface area contributed by atoms with Gasteiger partial charge >= 0.3 is 0 Å². The van der Waals surface area contributed by atoms with Crippen molar-refractivity contribution in [3.63, 3.8) is 0 Å². The summed E-state index contributed by atoms with van der Waals surface area (Å²) in [7, 11) is 3.85. The lowest BCUT2D eigenvalue weighted by atomic mass is 9.69. The lowest BCUT2D eigenvalue weighted by molar-refractivity contribution is -0.133. The van der Waals surface area contributed by atoms with Gasteiger partial charge in [-0.3, -0.25) is 4.79 Å². The zero-order chi connectivity index (χ0) is 17.7. The highest BCUT2D eigenvalue weighted by atomic mass is 35.5. The molecule has 1 heterocycles. The fraction of sp³-hybridized carbons (Fsp3) is 0.600. The first-order valence-corrected chi connectivity index (χ1v) is 10.2. The average Bonchev–Trinajstić information content (AvgIpc) is 3.02. The molecule has 26 heavy (non-hydrogen) atoms. The maximum Gasteiger partial charge on any atom is 0.222 e. The van der Waals surface area contributed by atoms with Crippen molar-refractivity contribution < 1.29 is 4.79 Å². The summed E-state index contributed by atoms with van der Waals surface area (Å²) >= 11 is 1.79. The second-order valence-electron chi connectivity index (χ2n) is 7.41. The number of hydrogen-bond donors (Lipinski definition) is 1. The summed E-state index contributed by atoms with van der Waals surface area (Å²) in [6, 6.07) is 8.34. The summed E-state index contributed by atoms with van der Waals surface area (Å²) in [4.78, 5) is 19.5. The number of carbonyl (C=O) groups is 1. The molecular weight excluding hydrogens is 366 g/mol. The van der Waals surface area contributed by atoms with E-state index < -0.39 is 0 Å². The Balaban J connectivity index is 0.00000243. The number of rotatable bonds is 7. The number of para-hydroxylation sites is 1. The summed E-state index contributed by atoms with van der Waals surface area (Å²) in [6.07, 6.45) is 7.66. The topological polar surface area (TPSA) is 45.2 Å². The van der Waals surface area contributed by atoms with Crippen molar-refractivity contribution in [1.29, 1.82) is 0 Å². The van der Waals surface area contributed by atoms with Crippen molar-refractivity contribution in [3.8, 4) is 0 Å². The Kier molecular flexibility index (Phi) is 7.86. The van der Waals surface area contributed by atoms with Crippen molar-refractivity contribution in [2.24, 2.45) is 5.41 Å². The van der Waals surface area contributed by atoms with Crippen LogP contribution in [0, 0.1) is 5.41 Å². The van der Waals surface area contributed by atoms with Crippen LogP contribution < -0.4 is 5.32 Å². The quantitative estimate of drug-likeness (QED) is 0.761. The normalized spacial score (nSPS) is 16.2. The maximum absolute atomic E-state index is 12.8. The standard InChI is InChI=1S/C20H29N3OS.ClH/c1-21-12-13-23(2)19(24)15-20(10-6-3-7-11-20)14-18-22-16-8-4-5-9-17(16)25-18;/h4-5,8-9,21H,3,6-7,10-15H2,1-2H3;1H. The Morgan fingerprint density at radius 3 is 2.69 bits per heavy atom. The zero-order valence-electron chi connectivity index (χ0n) is 15.8. The van der Waals surface area contributed by atoms with Gasteiger partial charge in [-0.05, 0) is 37.4 Å². The van der Waals surface area contributed by atoms with Gasteiger partial charge in [-0.15, -0.1) is 23.7 Å². The highest BCUT2D eigenvalue weighted by molar-refractivity contribution is 7.18. The van der Waals surface area contributed by atoms with Crippen LogP contribution in [0.5, 0.6) is 0 Å². The third-order valence-corrected chi connectivity index (χ3v) is 6.46. The monoisotopic (exact) mass is 395 g/mol. The van der Waals surface area contributed by atoms with Crippen molar-refractivity contribution in [2.75, 3.05) is 27.2 Å². The summed E-state index contributed by atoms with van der Waals surface area (Å²) < 4.78 is 1.25. The molecule has 0 atom stereocenters. The van der Waals surface area contributed by atoms with E-state index in [2.05, 4.69) is 23.5 Å². The molecular formula is C20H30ClN3OS. The van der Waals surface area contributed by atoms with E-state index in [1.165, 1.54) is 29.0 Å². The molecule has 2 aromatic rings. The minimum Gasteiger partial charge on any atom is -0.344 e. The number of hydrogen-bond acceptors (Lipinski definition) is 4. The van der Waals surface area contributed by atoms with Gasteiger partial charge in [0.05, 0.1) is 15.2 Å². The van der Waals surface area contributed by atoms with Crippen molar-refractivity contribution in [1.82, 2.24) is 15.2 Å². The minimum absolute atomic E-state index is 0. The summed E-state index contributed by atoms with van der Waals surface area (Å²) in [6.45, 7) is 1.61. The average molecular weight is 396 g/mol. The smallest absolute Gasteiger partial charge is 0.222 e. The molecule has 0 bridgehead atoms. The Morgan fingerprint density at radius 2 is 2.00 bits per heavy atom. The molecule has 0 unspecified atom stereocenters. The van der Waals surface area contributed by atoms with Crippen LogP contribution in [0.15, 0.2) is 24.3 Å². The van der Waals surface area contributed by atoms with E-state index in [-0.39, 0.29) is 23.7 Å². The summed E-state index contributed by atoms with van der Waals surface area (Å²) in [5.74, 6) is 0.276. The Bertz CT molecular complexity index is 679. The molecule has 1 aliphatic rings. The zero-order valence-corrected chi connectivity index (χ0v) is 17.4. The lowest BCUT2D eigenvalue weighted by Gasteiger charge is -2.37. The highest BCUT2D eigenvalue weighted by Gasteiger charge is 2.36. The molecule has 0 radical (unpaired) electrons. The van der Waals surface area contributed by atoms with Gasteiger partial charge in [-0.25, -0.2) is 4.98 Å². The maximum atomic E-state index is 12.8. The predicted octanol–water partition coefficient (Wildman–Crippen LogP) is 4.28. The molecule has 0 spiro atoms. The molecule has 1 aromatic carbocycles. The van der Waals surface area contributed by atoms with Crippen molar-refractivity contribution in [2.45, 2.75) is 44.9 Å². The first-order chi connectivity index (χ1) is 12.1. The summed E-state index contributed by atoms with van der Waals surface area (Å²) in [5.41, 5.74) is 1.18. The highest BCUT2D eigenvalue weighted by Crippen LogP contribution is 2.43. The molecule has 1 amide bonds. The molecule has 1 N–H and O–H groups in total. The molecule has 1 saturated carbocycles. The number of carbonyl (C=O) groups excluding carboxylic acids is 1. The number of benzene rings is 1. The second kappa shape index (κ2) is 9.67. The Hall–Kier alpha value is -1.17. The van der Waals surface area contributed by atoms with Gasteiger partial charge < -0.3 is 10.2 Å². The third kappa shape index (κ3) is 5.18. The van der Waals surface area contributed by atoms with Gasteiger partial charge in [0.2, 0.25) is 5.91 Å². The molecule has 3 rings (SSSR count). The third-order valence-electron chi connectivity index (χ3n) is 5.43. The van der Waals surface area contributed by atoms with Crippen molar-refractivity contribution in [3.05, 3.63) is 29.3 Å². The van der Waals surface area contributed by atoms with E-state index >= 15 is 0 Å². The van der Waals surface area contributed by atoms with E-state index in [4.69, 9.17) is 4.98 Å². The van der Waals surface area contributed by atoms with Crippen LogP contribution in [0.25, 0.3) is 10.2 Å². The molecule has 4 nitrogen and oxygen atoms in total. The molecule has 1 fully saturated rings. The number of likely N-dealkylation sites (N-methyl/N-ethyl adjacent to an activating group) is 2. The molecule has 144 valence electrons. The largest absolute Gasteiger partial charge is 0.344 e. The molecule has 1 aromatic heterocycles. The number of aromatic nitrogens is 1. The van der Waals surface area contributed by atoms with Gasteiger partial charge in [0.25, 0.3) is 0 Å². The Morgan fingerprint density at radius 1 is 1.27 bits per heavy atom. The minimum atomic E-state index is 0. The van der Waals surface area contributed by atoms with Gasteiger partial charge in [0.1, 0.15) is 0 Å². The van der Waals surface area contributed by atoms with Crippen LogP contribution in [-0.2, 0) is 11.2 Å². The van der Waals surface area contributed by atoms with E-state index in [1.807, 2.05) is 25.1 Å². The van der Waals surface area contributed by atoms with Crippen LogP contribution in [0.1, 0.15) is 43.5 Å². The lowest BCUT2D eigenvalue weighted by Crippen LogP contribution is -2.38. The van der Waals surface area contributed by atoms with Crippen LogP contribution in [0.3, 0.4) is 0 Å². The summed E-state index contributed by atoms with van der Waals surface area (Å²) in [5, 5.41) is 4.31. The number of nitrogens with one attached hydrogen (secondary N) is 1. The molecule has 0 aliphatic heterocycles. The van der Waals surface area contributed by atoms with E-state index in [1.54, 1.807) is 11.3 Å². The molecule has 0 saturated heterocycles. The molecule has 6 heteroatoms. The van der Waals surface area contributed by atoms with Crippen LogP contribution in [0.2, 0.25) is 0 Å².